The number of hydrogen-bond donors (Lipinski definition) is 1. The second kappa shape index (κ2) is 5.71. The van der Waals surface area contributed by atoms with Crippen LogP contribution >= 0.6 is 11.6 Å². The van der Waals surface area contributed by atoms with E-state index >= 15 is 0 Å². The number of pyridine rings is 1. The number of halogens is 1. The Morgan fingerprint density at radius 1 is 1.30 bits per heavy atom. The molecule has 1 aliphatic heterocycles. The molecule has 1 N–H and O–H groups in total. The van der Waals surface area contributed by atoms with Crippen LogP contribution in [-0.2, 0) is 14.8 Å². The minimum atomic E-state index is -3.85. The van der Waals surface area contributed by atoms with E-state index in [1.807, 2.05) is 0 Å². The maximum atomic E-state index is 12.4. The number of aromatic nitrogens is 1. The Hall–Kier alpha value is -2.32. The third-order valence-corrected chi connectivity index (χ3v) is 4.90. The SMILES string of the molecule is CN1C(=O)COc2c(NS(=O)(=O)c3ccc(Cl)nc3)cccc21. The first-order valence-corrected chi connectivity index (χ1v) is 8.41. The summed E-state index contributed by atoms with van der Waals surface area (Å²) in [5.41, 5.74) is 0.743. The fraction of sp³-hybridized carbons (Fsp3) is 0.143. The summed E-state index contributed by atoms with van der Waals surface area (Å²) in [6.07, 6.45) is 1.16. The van der Waals surface area contributed by atoms with Crippen LogP contribution in [0.25, 0.3) is 0 Å². The molecular formula is C14H12ClN3O4S. The number of likely N-dealkylation sites (N-methyl/N-ethyl adjacent to an activating group) is 1. The van der Waals surface area contributed by atoms with Crippen molar-refractivity contribution in [3.8, 4) is 5.75 Å². The van der Waals surface area contributed by atoms with Gasteiger partial charge in [0.05, 0.1) is 11.4 Å². The molecule has 0 bridgehead atoms. The Balaban J connectivity index is 1.98. The molecule has 0 aliphatic carbocycles. The highest BCUT2D eigenvalue weighted by molar-refractivity contribution is 7.92. The van der Waals surface area contributed by atoms with E-state index in [2.05, 4.69) is 9.71 Å². The quantitative estimate of drug-likeness (QED) is 0.851. The van der Waals surface area contributed by atoms with Gasteiger partial charge in [0.2, 0.25) is 0 Å². The van der Waals surface area contributed by atoms with Gasteiger partial charge in [-0.2, -0.15) is 0 Å². The number of amides is 1. The standard InChI is InChI=1S/C14H12ClN3O4S/c1-18-11-4-2-3-10(14(11)22-8-13(18)19)17-23(20,21)9-5-6-12(15)16-7-9/h2-7,17H,8H2,1H3. The lowest BCUT2D eigenvalue weighted by Gasteiger charge is -2.27. The van der Waals surface area contributed by atoms with Crippen molar-refractivity contribution >= 4 is 38.9 Å². The number of benzene rings is 1. The van der Waals surface area contributed by atoms with E-state index in [0.717, 1.165) is 6.20 Å². The number of para-hydroxylation sites is 1. The number of nitrogens with one attached hydrogen (secondary N) is 1. The van der Waals surface area contributed by atoms with Gasteiger partial charge in [-0.25, -0.2) is 13.4 Å². The second-order valence-electron chi connectivity index (χ2n) is 4.82. The fourth-order valence-electron chi connectivity index (χ4n) is 2.11. The van der Waals surface area contributed by atoms with Gasteiger partial charge in [-0.1, -0.05) is 17.7 Å². The highest BCUT2D eigenvalue weighted by atomic mass is 35.5. The molecule has 0 saturated heterocycles. The lowest BCUT2D eigenvalue weighted by Crippen LogP contribution is -2.35. The van der Waals surface area contributed by atoms with Crippen LogP contribution in [0, 0.1) is 0 Å². The van der Waals surface area contributed by atoms with Gasteiger partial charge in [-0.05, 0) is 24.3 Å². The Bertz CT molecular complexity index is 868. The van der Waals surface area contributed by atoms with Gasteiger partial charge in [0, 0.05) is 13.2 Å². The summed E-state index contributed by atoms with van der Waals surface area (Å²) in [5.74, 6) is 0.0968. The first-order chi connectivity index (χ1) is 10.9. The molecule has 1 aromatic carbocycles. The summed E-state index contributed by atoms with van der Waals surface area (Å²) in [5, 5.41) is 0.199. The highest BCUT2D eigenvalue weighted by Crippen LogP contribution is 2.38. The van der Waals surface area contributed by atoms with Crippen LogP contribution < -0.4 is 14.4 Å². The number of anilines is 2. The molecule has 1 amide bonds. The number of carbonyl (C=O) groups is 1. The molecule has 2 aromatic rings. The molecule has 0 spiro atoms. The van der Waals surface area contributed by atoms with Crippen LogP contribution in [0.5, 0.6) is 5.75 Å². The minimum Gasteiger partial charge on any atom is -0.479 e. The number of ether oxygens (including phenoxy) is 1. The number of sulfonamides is 1. The second-order valence-corrected chi connectivity index (χ2v) is 6.89. The number of fused-ring (bicyclic) bond motifs is 1. The van der Waals surface area contributed by atoms with Crippen LogP contribution in [0.2, 0.25) is 5.15 Å². The number of carbonyl (C=O) groups excluding carboxylic acids is 1. The summed E-state index contributed by atoms with van der Waals surface area (Å²) in [6.45, 7) is -0.148. The zero-order valence-corrected chi connectivity index (χ0v) is 13.6. The maximum Gasteiger partial charge on any atom is 0.264 e. The number of hydrogen-bond acceptors (Lipinski definition) is 5. The van der Waals surface area contributed by atoms with Crippen molar-refractivity contribution in [3.63, 3.8) is 0 Å². The Morgan fingerprint density at radius 2 is 2.09 bits per heavy atom. The molecule has 1 aromatic heterocycles. The normalized spacial score (nSPS) is 14.2. The van der Waals surface area contributed by atoms with Crippen LogP contribution in [0.15, 0.2) is 41.4 Å². The molecule has 23 heavy (non-hydrogen) atoms. The summed E-state index contributed by atoms with van der Waals surface area (Å²) in [4.78, 5) is 16.8. The van der Waals surface area contributed by atoms with Crippen LogP contribution in [-0.4, -0.2) is 33.0 Å². The Morgan fingerprint density at radius 3 is 2.78 bits per heavy atom. The molecule has 0 saturated carbocycles. The molecule has 7 nitrogen and oxygen atoms in total. The van der Waals surface area contributed by atoms with Gasteiger partial charge in [0.15, 0.2) is 12.4 Å². The van der Waals surface area contributed by atoms with Gasteiger partial charge in [-0.15, -0.1) is 0 Å². The maximum absolute atomic E-state index is 12.4. The van der Waals surface area contributed by atoms with E-state index in [4.69, 9.17) is 16.3 Å². The monoisotopic (exact) mass is 353 g/mol. The first kappa shape index (κ1) is 15.6. The van der Waals surface area contributed by atoms with Gasteiger partial charge in [-0.3, -0.25) is 9.52 Å². The van der Waals surface area contributed by atoms with Crippen molar-refractivity contribution in [3.05, 3.63) is 41.7 Å². The molecule has 120 valence electrons. The predicted octanol–water partition coefficient (Wildman–Crippen LogP) is 1.89. The van der Waals surface area contributed by atoms with E-state index in [-0.39, 0.29) is 28.3 Å². The fourth-order valence-corrected chi connectivity index (χ4v) is 3.23. The zero-order chi connectivity index (χ0) is 16.6. The average molecular weight is 354 g/mol. The molecule has 0 radical (unpaired) electrons. The summed E-state index contributed by atoms with van der Waals surface area (Å²) in [7, 11) is -2.25. The third kappa shape index (κ3) is 2.95. The van der Waals surface area contributed by atoms with Gasteiger partial charge < -0.3 is 9.64 Å². The van der Waals surface area contributed by atoms with Crippen molar-refractivity contribution < 1.29 is 17.9 Å². The lowest BCUT2D eigenvalue weighted by molar-refractivity contribution is -0.120. The first-order valence-electron chi connectivity index (χ1n) is 6.55. The van der Waals surface area contributed by atoms with Gasteiger partial charge >= 0.3 is 0 Å². The van der Waals surface area contributed by atoms with Crippen molar-refractivity contribution in [2.75, 3.05) is 23.3 Å². The molecule has 0 fully saturated rings. The topological polar surface area (TPSA) is 88.6 Å². The van der Waals surface area contributed by atoms with Gasteiger partial charge in [0.1, 0.15) is 10.0 Å². The van der Waals surface area contributed by atoms with E-state index in [1.54, 1.807) is 25.2 Å². The Labute approximate surface area is 137 Å². The largest absolute Gasteiger partial charge is 0.479 e. The van der Waals surface area contributed by atoms with Crippen molar-refractivity contribution in [1.82, 2.24) is 4.98 Å². The van der Waals surface area contributed by atoms with Crippen LogP contribution in [0.1, 0.15) is 0 Å². The van der Waals surface area contributed by atoms with E-state index in [1.165, 1.54) is 17.0 Å². The van der Waals surface area contributed by atoms with Crippen LogP contribution in [0.4, 0.5) is 11.4 Å². The van der Waals surface area contributed by atoms with Crippen molar-refractivity contribution in [2.24, 2.45) is 0 Å². The predicted molar refractivity (Wildman–Crippen MR) is 85.4 cm³/mol. The molecule has 3 rings (SSSR count). The van der Waals surface area contributed by atoms with Crippen molar-refractivity contribution in [1.29, 1.82) is 0 Å². The molecule has 0 unspecified atom stereocenters. The highest BCUT2D eigenvalue weighted by Gasteiger charge is 2.26. The smallest absolute Gasteiger partial charge is 0.264 e. The number of rotatable bonds is 3. The lowest BCUT2D eigenvalue weighted by atomic mass is 10.2. The van der Waals surface area contributed by atoms with E-state index in [9.17, 15) is 13.2 Å². The molecule has 9 heteroatoms. The van der Waals surface area contributed by atoms with E-state index < -0.39 is 10.0 Å². The third-order valence-electron chi connectivity index (χ3n) is 3.32. The van der Waals surface area contributed by atoms with Gasteiger partial charge in [0.25, 0.3) is 15.9 Å². The average Bonchev–Trinajstić information content (AvgIpc) is 2.51. The van der Waals surface area contributed by atoms with Crippen molar-refractivity contribution in [2.45, 2.75) is 4.90 Å². The molecule has 2 heterocycles. The molecule has 0 atom stereocenters. The Kier molecular flexibility index (Phi) is 3.87. The van der Waals surface area contributed by atoms with Crippen LogP contribution in [0.3, 0.4) is 0 Å². The summed E-state index contributed by atoms with van der Waals surface area (Å²) < 4.78 is 32.7. The minimum absolute atomic E-state index is 0.0280. The zero-order valence-electron chi connectivity index (χ0n) is 12.0. The number of nitrogens with zero attached hydrogens (tertiary/aromatic N) is 2. The van der Waals surface area contributed by atoms with E-state index in [0.29, 0.717) is 11.4 Å². The summed E-state index contributed by atoms with van der Waals surface area (Å²) in [6, 6.07) is 7.61. The summed E-state index contributed by atoms with van der Waals surface area (Å²) >= 11 is 5.66. The molecule has 1 aliphatic rings. The molecular weight excluding hydrogens is 342 g/mol.